The van der Waals surface area contributed by atoms with Crippen LogP contribution in [0.15, 0.2) is 42.0 Å². The van der Waals surface area contributed by atoms with E-state index >= 15 is 0 Å². The quantitative estimate of drug-likeness (QED) is 0.144. The molecule has 0 amide bonds. The van der Waals surface area contributed by atoms with Crippen molar-refractivity contribution in [2.45, 2.75) is 45.6 Å². The maximum Gasteiger partial charge on any atom is 0.166 e. The van der Waals surface area contributed by atoms with Crippen LogP contribution in [0.25, 0.3) is 22.6 Å². The molecule has 11 nitrogen and oxygen atoms in total. The Morgan fingerprint density at radius 1 is 1.19 bits per heavy atom. The smallest absolute Gasteiger partial charge is 0.166 e. The van der Waals surface area contributed by atoms with Gasteiger partial charge in [-0.2, -0.15) is 0 Å². The average Bonchev–Trinajstić information content (AvgIpc) is 3.36. The van der Waals surface area contributed by atoms with Gasteiger partial charge in [0.05, 0.1) is 32.4 Å². The van der Waals surface area contributed by atoms with Crippen LogP contribution < -0.4 is 15.1 Å². The molecule has 1 aliphatic heterocycles. The summed E-state index contributed by atoms with van der Waals surface area (Å²) in [6.07, 6.45) is 6.65. The summed E-state index contributed by atoms with van der Waals surface area (Å²) in [5.74, 6) is 1.97. The van der Waals surface area contributed by atoms with Crippen molar-refractivity contribution in [2.75, 3.05) is 38.3 Å². The molecule has 1 aliphatic rings. The average molecular weight is 510 g/mol. The highest BCUT2D eigenvalue weighted by molar-refractivity contribution is 6.01. The monoisotopic (exact) mass is 509 g/mol. The second kappa shape index (κ2) is 12.5. The number of unbranched alkanes of at least 4 members (excludes halogenated alkanes) is 3. The maximum atomic E-state index is 9.36. The fourth-order valence-corrected chi connectivity index (χ4v) is 4.43. The zero-order valence-electron chi connectivity index (χ0n) is 21.5. The molecule has 3 N–H and O–H groups in total. The van der Waals surface area contributed by atoms with E-state index in [1.54, 1.807) is 14.0 Å². The van der Waals surface area contributed by atoms with E-state index in [1.807, 2.05) is 24.5 Å². The van der Waals surface area contributed by atoms with Crippen molar-refractivity contribution in [3.8, 4) is 17.1 Å². The predicted molar refractivity (Wildman–Crippen MR) is 141 cm³/mol. The third-order valence-electron chi connectivity index (χ3n) is 6.54. The minimum absolute atomic E-state index is 0.441. The van der Waals surface area contributed by atoms with Crippen molar-refractivity contribution < 1.29 is 19.9 Å². The maximum absolute atomic E-state index is 9.36. The highest BCUT2D eigenvalue weighted by atomic mass is 16.5. The lowest BCUT2D eigenvalue weighted by Gasteiger charge is -2.28. The second-order valence-electron chi connectivity index (χ2n) is 9.06. The molecule has 11 heteroatoms. The number of hydrogen-bond donors (Lipinski definition) is 3. The number of ether oxygens (including phenoxy) is 2. The number of imidazole rings is 1. The summed E-state index contributed by atoms with van der Waals surface area (Å²) in [5, 5.41) is 21.6. The summed E-state index contributed by atoms with van der Waals surface area (Å²) in [7, 11) is 1.58. The van der Waals surface area contributed by atoms with Gasteiger partial charge in [0.1, 0.15) is 5.75 Å². The molecule has 0 radical (unpaired) electrons. The normalized spacial score (nSPS) is 14.2. The Labute approximate surface area is 216 Å². The number of oxime groups is 1. The van der Waals surface area contributed by atoms with Crippen LogP contribution in [0, 0.1) is 0 Å². The molecule has 0 bridgehead atoms. The van der Waals surface area contributed by atoms with E-state index in [4.69, 9.17) is 29.6 Å². The molecule has 0 spiro atoms. The minimum Gasteiger partial charge on any atom is -0.496 e. The summed E-state index contributed by atoms with van der Waals surface area (Å²) in [4.78, 5) is 16.8. The summed E-state index contributed by atoms with van der Waals surface area (Å²) in [6, 6.07) is 5.63. The number of methoxy groups -OCH3 is 1. The first-order valence-corrected chi connectivity index (χ1v) is 12.6. The van der Waals surface area contributed by atoms with Gasteiger partial charge in [-0.15, -0.1) is 0 Å². The lowest BCUT2D eigenvalue weighted by atomic mass is 10.1. The van der Waals surface area contributed by atoms with Crippen LogP contribution >= 0.6 is 0 Å². The number of nitrogens with one attached hydrogen (secondary N) is 1. The zero-order chi connectivity index (χ0) is 26.2. The third-order valence-corrected chi connectivity index (χ3v) is 6.54. The van der Waals surface area contributed by atoms with Gasteiger partial charge in [0, 0.05) is 36.5 Å². The topological polar surface area (TPSA) is 130 Å². The SMILES string of the molecule is C=C(CCCCCCn1cnc2c(N3CCOCC3)nc(-c3ccc(OC)c(/C(C)=N\O)c3)nc21)NO. The number of morpholine rings is 1. The number of rotatable bonds is 12. The van der Waals surface area contributed by atoms with Crippen LogP contribution in [-0.4, -0.2) is 69.1 Å². The van der Waals surface area contributed by atoms with Crippen molar-refractivity contribution in [2.24, 2.45) is 5.16 Å². The predicted octanol–water partition coefficient (Wildman–Crippen LogP) is 3.98. The number of anilines is 1. The van der Waals surface area contributed by atoms with E-state index in [9.17, 15) is 5.21 Å². The molecule has 3 aromatic rings. The molecule has 0 unspecified atom stereocenters. The van der Waals surface area contributed by atoms with Crippen molar-refractivity contribution in [1.29, 1.82) is 0 Å². The molecule has 198 valence electrons. The van der Waals surface area contributed by atoms with Crippen LogP contribution in [0.4, 0.5) is 5.82 Å². The Hall–Kier alpha value is -3.70. The van der Waals surface area contributed by atoms with Gasteiger partial charge in [0.2, 0.25) is 0 Å². The molecule has 0 saturated carbocycles. The largest absolute Gasteiger partial charge is 0.496 e. The first-order valence-electron chi connectivity index (χ1n) is 12.6. The molecule has 37 heavy (non-hydrogen) atoms. The van der Waals surface area contributed by atoms with Gasteiger partial charge in [-0.25, -0.2) is 15.0 Å². The van der Waals surface area contributed by atoms with Crippen LogP contribution in [-0.2, 0) is 11.3 Å². The van der Waals surface area contributed by atoms with Gasteiger partial charge < -0.3 is 24.1 Å². The van der Waals surface area contributed by atoms with E-state index in [2.05, 4.69) is 26.7 Å². The number of aromatic nitrogens is 4. The van der Waals surface area contributed by atoms with Crippen molar-refractivity contribution in [3.63, 3.8) is 0 Å². The van der Waals surface area contributed by atoms with E-state index in [0.29, 0.717) is 41.8 Å². The van der Waals surface area contributed by atoms with E-state index in [1.165, 1.54) is 0 Å². The van der Waals surface area contributed by atoms with Crippen LogP contribution in [0.5, 0.6) is 5.75 Å². The number of hydrogen-bond acceptors (Lipinski definition) is 10. The van der Waals surface area contributed by atoms with Gasteiger partial charge in [0.15, 0.2) is 22.8 Å². The van der Waals surface area contributed by atoms with E-state index in [0.717, 1.165) is 74.3 Å². The molecular weight excluding hydrogens is 474 g/mol. The van der Waals surface area contributed by atoms with Crippen molar-refractivity contribution in [3.05, 3.63) is 42.4 Å². The third kappa shape index (κ3) is 6.17. The Morgan fingerprint density at radius 3 is 2.70 bits per heavy atom. The molecule has 3 heterocycles. The lowest BCUT2D eigenvalue weighted by molar-refractivity contribution is 0.122. The van der Waals surface area contributed by atoms with Crippen LogP contribution in [0.2, 0.25) is 0 Å². The Balaban J connectivity index is 1.65. The molecule has 0 aliphatic carbocycles. The van der Waals surface area contributed by atoms with E-state index in [-0.39, 0.29) is 0 Å². The fourth-order valence-electron chi connectivity index (χ4n) is 4.43. The molecule has 1 saturated heterocycles. The number of aryl methyl sites for hydroxylation is 1. The fraction of sp³-hybridized carbons (Fsp3) is 0.462. The number of benzene rings is 1. The molecular formula is C26H35N7O4. The number of hydroxylamine groups is 1. The second-order valence-corrected chi connectivity index (χ2v) is 9.06. The summed E-state index contributed by atoms with van der Waals surface area (Å²) in [6.45, 7) is 9.00. The Bertz CT molecular complexity index is 1250. The van der Waals surface area contributed by atoms with Crippen molar-refractivity contribution in [1.82, 2.24) is 25.0 Å². The summed E-state index contributed by atoms with van der Waals surface area (Å²) < 4.78 is 13.1. The Kier molecular flexibility index (Phi) is 8.91. The molecule has 0 atom stereocenters. The van der Waals surface area contributed by atoms with Gasteiger partial charge in [-0.05, 0) is 44.4 Å². The van der Waals surface area contributed by atoms with Gasteiger partial charge in [-0.3, -0.25) is 10.7 Å². The Morgan fingerprint density at radius 2 is 1.97 bits per heavy atom. The zero-order valence-corrected chi connectivity index (χ0v) is 21.5. The lowest BCUT2D eigenvalue weighted by Crippen LogP contribution is -2.37. The molecule has 4 rings (SSSR count). The van der Waals surface area contributed by atoms with E-state index < -0.39 is 0 Å². The number of nitrogens with zero attached hydrogens (tertiary/aromatic N) is 6. The van der Waals surface area contributed by atoms with Crippen molar-refractivity contribution >= 4 is 22.7 Å². The standard InChI is InChI=1S/C26H35N7O4/c1-18(30-34)8-6-4-5-7-11-33-17-27-23-25(32-12-14-37-15-13-32)28-24(29-26(23)33)20-9-10-22(36-3)21(16-20)19(2)31-35/h9-10,16-17,30,34-35H,1,4-8,11-15H2,2-3H3/b31-19-. The molecule has 1 aromatic carbocycles. The van der Waals surface area contributed by atoms with Gasteiger partial charge >= 0.3 is 0 Å². The summed E-state index contributed by atoms with van der Waals surface area (Å²) >= 11 is 0. The summed E-state index contributed by atoms with van der Waals surface area (Å²) in [5.41, 5.74) is 6.22. The molecule has 1 fully saturated rings. The highest BCUT2D eigenvalue weighted by Crippen LogP contribution is 2.30. The number of allylic oxidation sites excluding steroid dienone is 1. The first kappa shape index (κ1) is 26.4. The van der Waals surface area contributed by atoms with Crippen LogP contribution in [0.3, 0.4) is 0 Å². The number of fused-ring (bicyclic) bond motifs is 1. The highest BCUT2D eigenvalue weighted by Gasteiger charge is 2.22. The molecule has 2 aromatic heterocycles. The van der Waals surface area contributed by atoms with Gasteiger partial charge in [0.25, 0.3) is 0 Å². The van der Waals surface area contributed by atoms with Gasteiger partial charge in [-0.1, -0.05) is 24.6 Å². The van der Waals surface area contributed by atoms with Crippen LogP contribution in [0.1, 0.15) is 44.6 Å². The first-order chi connectivity index (χ1) is 18.0. The minimum atomic E-state index is 0.441.